The van der Waals surface area contributed by atoms with Crippen LogP contribution in [-0.2, 0) is 29.1 Å². The van der Waals surface area contributed by atoms with Crippen LogP contribution in [0.5, 0.6) is 0 Å². The molecule has 2 rings (SSSR count). The largest absolute Gasteiger partial charge is 0.477 e. The van der Waals surface area contributed by atoms with Crippen LogP contribution in [-0.4, -0.2) is 29.8 Å². The molecule has 15 heavy (non-hydrogen) atoms. The van der Waals surface area contributed by atoms with Gasteiger partial charge in [0.25, 0.3) is 0 Å². The lowest BCUT2D eigenvalue weighted by molar-refractivity contribution is 0.0686. The molecule has 0 fully saturated rings. The fourth-order valence-electron chi connectivity index (χ4n) is 1.93. The summed E-state index contributed by atoms with van der Waals surface area (Å²) in [7, 11) is -1.38. The Kier molecular flexibility index (Phi) is 2.11. The van der Waals surface area contributed by atoms with E-state index in [4.69, 9.17) is 5.11 Å². The van der Waals surface area contributed by atoms with Gasteiger partial charge in [-0.3, -0.25) is 0 Å². The summed E-state index contributed by atoms with van der Waals surface area (Å²) in [5.74, 6) is -0.954. The number of aromatic nitrogens is 1. The van der Waals surface area contributed by atoms with Crippen LogP contribution in [0.2, 0.25) is 0 Å². The van der Waals surface area contributed by atoms with Crippen LogP contribution in [0.1, 0.15) is 21.7 Å². The van der Waals surface area contributed by atoms with Gasteiger partial charge in [-0.15, -0.1) is 0 Å². The Morgan fingerprint density at radius 3 is 2.80 bits per heavy atom. The van der Waals surface area contributed by atoms with Gasteiger partial charge in [-0.25, -0.2) is 13.2 Å². The highest BCUT2D eigenvalue weighted by molar-refractivity contribution is 7.90. The van der Waals surface area contributed by atoms with Crippen molar-refractivity contribution in [1.29, 1.82) is 0 Å². The number of hydrogen-bond acceptors (Lipinski definition) is 3. The first kappa shape index (κ1) is 10.2. The van der Waals surface area contributed by atoms with Gasteiger partial charge < -0.3 is 9.67 Å². The number of hydrogen-bond donors (Lipinski definition) is 1. The molecule has 0 saturated heterocycles. The Balaban J connectivity index is 2.55. The monoisotopic (exact) mass is 229 g/mol. The third-order valence-corrected chi connectivity index (χ3v) is 4.27. The van der Waals surface area contributed by atoms with E-state index in [-0.39, 0.29) is 17.2 Å². The first-order valence-electron chi connectivity index (χ1n) is 4.52. The number of carboxylic acids is 1. The lowest BCUT2D eigenvalue weighted by Crippen LogP contribution is -2.20. The fourth-order valence-corrected chi connectivity index (χ4v) is 3.30. The van der Waals surface area contributed by atoms with Gasteiger partial charge in [-0.2, -0.15) is 0 Å². The van der Waals surface area contributed by atoms with E-state index in [0.29, 0.717) is 12.0 Å². The van der Waals surface area contributed by atoms with Crippen LogP contribution >= 0.6 is 0 Å². The molecule has 0 spiro atoms. The SMILES string of the molecule is Cn1c(C(=O)O)cc2c1CCS(=O)(=O)C2. The summed E-state index contributed by atoms with van der Waals surface area (Å²) in [6.45, 7) is 0. The summed E-state index contributed by atoms with van der Waals surface area (Å²) in [5, 5.41) is 8.87. The molecule has 0 aromatic carbocycles. The highest BCUT2D eigenvalue weighted by Crippen LogP contribution is 2.23. The van der Waals surface area contributed by atoms with Gasteiger partial charge in [0.1, 0.15) is 5.69 Å². The van der Waals surface area contributed by atoms with Crippen molar-refractivity contribution in [3.63, 3.8) is 0 Å². The summed E-state index contributed by atoms with van der Waals surface area (Å²) in [6, 6.07) is 1.45. The van der Waals surface area contributed by atoms with Crippen molar-refractivity contribution in [2.75, 3.05) is 5.75 Å². The van der Waals surface area contributed by atoms with E-state index in [9.17, 15) is 13.2 Å². The fraction of sp³-hybridized carbons (Fsp3) is 0.444. The van der Waals surface area contributed by atoms with E-state index >= 15 is 0 Å². The molecule has 5 nitrogen and oxygen atoms in total. The lowest BCUT2D eigenvalue weighted by Gasteiger charge is -2.13. The summed E-state index contributed by atoms with van der Waals surface area (Å²) >= 11 is 0. The van der Waals surface area contributed by atoms with Gasteiger partial charge in [0, 0.05) is 19.2 Å². The minimum absolute atomic E-state index is 0.0382. The molecule has 0 aliphatic carbocycles. The topological polar surface area (TPSA) is 76.4 Å². The molecular formula is C9H11NO4S. The maximum absolute atomic E-state index is 11.3. The zero-order valence-corrected chi connectivity index (χ0v) is 9.04. The number of fused-ring (bicyclic) bond motifs is 1. The quantitative estimate of drug-likeness (QED) is 0.746. The first-order chi connectivity index (χ1) is 6.91. The second kappa shape index (κ2) is 3.10. The summed E-state index contributed by atoms with van der Waals surface area (Å²) < 4.78 is 24.3. The first-order valence-corrected chi connectivity index (χ1v) is 6.34. The molecule has 2 heterocycles. The van der Waals surface area contributed by atoms with Crippen molar-refractivity contribution >= 4 is 15.8 Å². The molecule has 0 amide bonds. The van der Waals surface area contributed by atoms with Crippen molar-refractivity contribution in [3.05, 3.63) is 23.0 Å². The van der Waals surface area contributed by atoms with Gasteiger partial charge in [-0.05, 0) is 11.6 Å². The summed E-state index contributed by atoms with van der Waals surface area (Å²) in [6.07, 6.45) is 0.404. The molecule has 1 N–H and O–H groups in total. The number of rotatable bonds is 1. The molecule has 1 aliphatic rings. The zero-order chi connectivity index (χ0) is 11.2. The summed E-state index contributed by atoms with van der Waals surface area (Å²) in [5.41, 5.74) is 1.60. The Morgan fingerprint density at radius 1 is 1.53 bits per heavy atom. The Bertz CT molecular complexity index is 527. The minimum atomic E-state index is -3.03. The highest BCUT2D eigenvalue weighted by atomic mass is 32.2. The van der Waals surface area contributed by atoms with Gasteiger partial charge in [0.2, 0.25) is 0 Å². The van der Waals surface area contributed by atoms with Crippen molar-refractivity contribution in [3.8, 4) is 0 Å². The van der Waals surface area contributed by atoms with Crippen molar-refractivity contribution in [2.24, 2.45) is 7.05 Å². The number of carboxylic acid groups (broad SMARTS) is 1. The standard InChI is InChI=1S/C9H11NO4S/c1-10-7-2-3-15(13,14)5-6(7)4-8(10)9(11)12/h4H,2-3,5H2,1H3,(H,11,12). The smallest absolute Gasteiger partial charge is 0.352 e. The molecule has 0 bridgehead atoms. The predicted octanol–water partition coefficient (Wildman–Crippen LogP) is 0.194. The summed E-state index contributed by atoms with van der Waals surface area (Å²) in [4.78, 5) is 10.8. The predicted molar refractivity (Wildman–Crippen MR) is 53.6 cm³/mol. The van der Waals surface area contributed by atoms with Crippen LogP contribution in [0.3, 0.4) is 0 Å². The van der Waals surface area contributed by atoms with Crippen LogP contribution in [0.4, 0.5) is 0 Å². The van der Waals surface area contributed by atoms with Crippen molar-refractivity contribution in [2.45, 2.75) is 12.2 Å². The third-order valence-electron chi connectivity index (χ3n) is 2.69. The maximum atomic E-state index is 11.3. The average molecular weight is 229 g/mol. The molecule has 0 radical (unpaired) electrons. The van der Waals surface area contributed by atoms with Crippen LogP contribution < -0.4 is 0 Å². The second-order valence-electron chi connectivity index (χ2n) is 3.71. The molecule has 6 heteroatoms. The van der Waals surface area contributed by atoms with Gasteiger partial charge in [0.15, 0.2) is 9.84 Å². The highest BCUT2D eigenvalue weighted by Gasteiger charge is 2.26. The molecular weight excluding hydrogens is 218 g/mol. The molecule has 1 aromatic heterocycles. The van der Waals surface area contributed by atoms with E-state index in [0.717, 1.165) is 5.69 Å². The van der Waals surface area contributed by atoms with E-state index in [1.807, 2.05) is 0 Å². The zero-order valence-electron chi connectivity index (χ0n) is 8.23. The Hall–Kier alpha value is -1.30. The molecule has 0 unspecified atom stereocenters. The molecule has 0 atom stereocenters. The molecule has 0 saturated carbocycles. The van der Waals surface area contributed by atoms with Gasteiger partial charge >= 0.3 is 5.97 Å². The van der Waals surface area contributed by atoms with Gasteiger partial charge in [-0.1, -0.05) is 0 Å². The Labute approximate surface area is 87.3 Å². The molecule has 1 aromatic rings. The second-order valence-corrected chi connectivity index (χ2v) is 5.89. The van der Waals surface area contributed by atoms with Crippen LogP contribution in [0.15, 0.2) is 6.07 Å². The van der Waals surface area contributed by atoms with Crippen LogP contribution in [0.25, 0.3) is 0 Å². The van der Waals surface area contributed by atoms with Crippen LogP contribution in [0, 0.1) is 0 Å². The minimum Gasteiger partial charge on any atom is -0.477 e. The maximum Gasteiger partial charge on any atom is 0.352 e. The third kappa shape index (κ3) is 1.65. The number of carbonyl (C=O) groups is 1. The lowest BCUT2D eigenvalue weighted by atomic mass is 10.2. The molecule has 1 aliphatic heterocycles. The average Bonchev–Trinajstić information content (AvgIpc) is 2.41. The number of sulfone groups is 1. The van der Waals surface area contributed by atoms with E-state index in [1.165, 1.54) is 6.07 Å². The van der Waals surface area contributed by atoms with E-state index in [1.54, 1.807) is 11.6 Å². The molecule has 82 valence electrons. The van der Waals surface area contributed by atoms with E-state index < -0.39 is 15.8 Å². The van der Waals surface area contributed by atoms with E-state index in [2.05, 4.69) is 0 Å². The van der Waals surface area contributed by atoms with Gasteiger partial charge in [0.05, 0.1) is 11.5 Å². The number of nitrogens with zero attached hydrogens (tertiary/aromatic N) is 1. The normalized spacial score (nSPS) is 18.5. The van der Waals surface area contributed by atoms with Crippen molar-refractivity contribution < 1.29 is 18.3 Å². The Morgan fingerprint density at radius 2 is 2.20 bits per heavy atom. The number of aromatic carboxylic acids is 1. The van der Waals surface area contributed by atoms with Crippen molar-refractivity contribution in [1.82, 2.24) is 4.57 Å².